The zero-order valence-electron chi connectivity index (χ0n) is 11.7. The number of hydrogen-bond donors (Lipinski definition) is 2. The van der Waals surface area contributed by atoms with Gasteiger partial charge in [-0.05, 0) is 18.6 Å². The van der Waals surface area contributed by atoms with Crippen LogP contribution in [-0.2, 0) is 4.79 Å². The summed E-state index contributed by atoms with van der Waals surface area (Å²) in [6, 6.07) is 3.53. The number of likely N-dealkylation sites (N-methyl/N-ethyl adjacent to an activating group) is 1. The Morgan fingerprint density at radius 2 is 2.20 bits per heavy atom. The Morgan fingerprint density at radius 1 is 1.45 bits per heavy atom. The van der Waals surface area contributed by atoms with E-state index in [9.17, 15) is 9.59 Å². The van der Waals surface area contributed by atoms with E-state index in [1.54, 1.807) is 24.1 Å². The maximum atomic E-state index is 12.4. The van der Waals surface area contributed by atoms with Crippen molar-refractivity contribution < 1.29 is 9.59 Å². The molecule has 0 atom stereocenters. The third-order valence-electron chi connectivity index (χ3n) is 2.52. The minimum absolute atomic E-state index is 0.0743. The smallest absolute Gasteiger partial charge is 0.264 e. The Hall–Kier alpha value is -1.84. The van der Waals surface area contributed by atoms with Gasteiger partial charge < -0.3 is 16.0 Å². The monoisotopic (exact) mass is 293 g/mol. The van der Waals surface area contributed by atoms with Crippen LogP contribution in [0.1, 0.15) is 27.9 Å². The molecule has 0 bridgehead atoms. The zero-order chi connectivity index (χ0) is 15.0. The molecule has 1 heterocycles. The van der Waals surface area contributed by atoms with Gasteiger partial charge in [-0.2, -0.15) is 0 Å². The first-order chi connectivity index (χ1) is 9.62. The van der Waals surface area contributed by atoms with Crippen LogP contribution in [0.25, 0.3) is 0 Å². The summed E-state index contributed by atoms with van der Waals surface area (Å²) in [4.78, 5) is 26.7. The fourth-order valence-corrected chi connectivity index (χ4v) is 2.44. The van der Waals surface area contributed by atoms with Crippen LogP contribution in [0.4, 0.5) is 0 Å². The van der Waals surface area contributed by atoms with Crippen LogP contribution < -0.4 is 11.1 Å². The van der Waals surface area contributed by atoms with Crippen LogP contribution in [0.5, 0.6) is 0 Å². The minimum Gasteiger partial charge on any atom is -0.358 e. The van der Waals surface area contributed by atoms with Gasteiger partial charge in [-0.3, -0.25) is 9.59 Å². The largest absolute Gasteiger partial charge is 0.358 e. The van der Waals surface area contributed by atoms with E-state index in [-0.39, 0.29) is 18.4 Å². The first kappa shape index (κ1) is 16.2. The van der Waals surface area contributed by atoms with Gasteiger partial charge in [-0.1, -0.05) is 18.8 Å². The number of carbonyl (C=O) groups is 2. The fourth-order valence-electron chi connectivity index (χ4n) is 1.59. The van der Waals surface area contributed by atoms with Crippen LogP contribution in [0.15, 0.2) is 12.1 Å². The molecule has 0 radical (unpaired) electrons. The molecule has 0 saturated carbocycles. The van der Waals surface area contributed by atoms with E-state index < -0.39 is 0 Å². The Morgan fingerprint density at radius 3 is 2.80 bits per heavy atom. The Bertz CT molecular complexity index is 528. The second-order valence-electron chi connectivity index (χ2n) is 4.07. The molecule has 1 rings (SSSR count). The van der Waals surface area contributed by atoms with Crippen molar-refractivity contribution in [2.45, 2.75) is 13.3 Å². The number of amides is 2. The molecule has 6 heteroatoms. The number of thiophene rings is 1. The van der Waals surface area contributed by atoms with Crippen molar-refractivity contribution in [3.05, 3.63) is 21.9 Å². The van der Waals surface area contributed by atoms with Crippen molar-refractivity contribution in [1.82, 2.24) is 10.2 Å². The highest BCUT2D eigenvalue weighted by Gasteiger charge is 2.19. The number of nitrogens with one attached hydrogen (secondary N) is 1. The predicted molar refractivity (Wildman–Crippen MR) is 80.5 cm³/mol. The lowest BCUT2D eigenvalue weighted by Crippen LogP contribution is -2.39. The number of nitrogens with zero attached hydrogens (tertiary/aromatic N) is 1. The van der Waals surface area contributed by atoms with Gasteiger partial charge in [0.25, 0.3) is 5.91 Å². The Balaban J connectivity index is 2.83. The average Bonchev–Trinajstić information content (AvgIpc) is 2.92. The summed E-state index contributed by atoms with van der Waals surface area (Å²) in [5.74, 6) is 5.34. The Labute approximate surface area is 123 Å². The summed E-state index contributed by atoms with van der Waals surface area (Å²) < 4.78 is 0. The molecular formula is C14H19N3O2S. The lowest BCUT2D eigenvalue weighted by atomic mass is 10.3. The van der Waals surface area contributed by atoms with Gasteiger partial charge >= 0.3 is 0 Å². The van der Waals surface area contributed by atoms with Crippen molar-refractivity contribution in [3.63, 3.8) is 0 Å². The molecule has 0 aliphatic heterocycles. The maximum Gasteiger partial charge on any atom is 0.264 e. The van der Waals surface area contributed by atoms with Gasteiger partial charge in [-0.25, -0.2) is 0 Å². The lowest BCUT2D eigenvalue weighted by Gasteiger charge is -2.20. The molecule has 0 aliphatic rings. The predicted octanol–water partition coefficient (Wildman–Crippen LogP) is 0.656. The SMILES string of the molecule is CCCN(CC(=O)NC)C(=O)c1ccc(C#CCN)s1. The zero-order valence-corrected chi connectivity index (χ0v) is 12.5. The summed E-state index contributed by atoms with van der Waals surface area (Å²) in [7, 11) is 1.56. The molecule has 108 valence electrons. The number of carbonyl (C=O) groups excluding carboxylic acids is 2. The minimum atomic E-state index is -0.175. The molecule has 20 heavy (non-hydrogen) atoms. The fraction of sp³-hybridized carbons (Fsp3) is 0.429. The first-order valence-electron chi connectivity index (χ1n) is 6.41. The van der Waals surface area contributed by atoms with Crippen molar-refractivity contribution in [2.24, 2.45) is 5.73 Å². The molecule has 0 fully saturated rings. The van der Waals surface area contributed by atoms with Crippen molar-refractivity contribution >= 4 is 23.2 Å². The Kier molecular flexibility index (Phi) is 6.77. The normalized spacial score (nSPS) is 9.55. The highest BCUT2D eigenvalue weighted by Crippen LogP contribution is 2.17. The molecule has 0 aromatic carbocycles. The van der Waals surface area contributed by atoms with Gasteiger partial charge in [0.2, 0.25) is 5.91 Å². The second kappa shape index (κ2) is 8.35. The third kappa shape index (κ3) is 4.68. The summed E-state index contributed by atoms with van der Waals surface area (Å²) >= 11 is 1.32. The topological polar surface area (TPSA) is 75.4 Å². The van der Waals surface area contributed by atoms with E-state index in [4.69, 9.17) is 5.73 Å². The quantitative estimate of drug-likeness (QED) is 0.783. The van der Waals surface area contributed by atoms with Crippen LogP contribution in [-0.4, -0.2) is 43.4 Å². The van der Waals surface area contributed by atoms with E-state index >= 15 is 0 Å². The molecule has 0 aliphatic carbocycles. The van der Waals surface area contributed by atoms with Crippen molar-refractivity contribution in [1.29, 1.82) is 0 Å². The molecule has 0 unspecified atom stereocenters. The van der Waals surface area contributed by atoms with Crippen molar-refractivity contribution in [2.75, 3.05) is 26.7 Å². The first-order valence-corrected chi connectivity index (χ1v) is 7.22. The molecule has 1 aromatic heterocycles. The molecule has 3 N–H and O–H groups in total. The van der Waals surface area contributed by atoms with Gasteiger partial charge in [0.1, 0.15) is 0 Å². The number of nitrogens with two attached hydrogens (primary N) is 1. The number of rotatable bonds is 5. The molecule has 0 spiro atoms. The van der Waals surface area contributed by atoms with Gasteiger partial charge in [-0.15, -0.1) is 11.3 Å². The highest BCUT2D eigenvalue weighted by atomic mass is 32.1. The summed E-state index contributed by atoms with van der Waals surface area (Å²) in [6.45, 7) is 2.88. The van der Waals surface area contributed by atoms with Crippen molar-refractivity contribution in [3.8, 4) is 11.8 Å². The van der Waals surface area contributed by atoms with Gasteiger partial charge in [0.05, 0.1) is 22.8 Å². The average molecular weight is 293 g/mol. The van der Waals surface area contributed by atoms with Gasteiger partial charge in [0.15, 0.2) is 0 Å². The molecular weight excluding hydrogens is 274 g/mol. The van der Waals surface area contributed by atoms with E-state index in [1.165, 1.54) is 11.3 Å². The molecule has 5 nitrogen and oxygen atoms in total. The third-order valence-corrected chi connectivity index (χ3v) is 3.51. The standard InChI is InChI=1S/C14H19N3O2S/c1-3-9-17(10-13(18)16-2)14(19)12-7-6-11(20-12)5-4-8-15/h6-7H,3,8-10,15H2,1-2H3,(H,16,18). The van der Waals surface area contributed by atoms with Crippen LogP contribution >= 0.6 is 11.3 Å². The molecule has 2 amide bonds. The van der Waals surface area contributed by atoms with Gasteiger partial charge in [0, 0.05) is 13.6 Å². The van der Waals surface area contributed by atoms with Crippen LogP contribution in [0.2, 0.25) is 0 Å². The van der Waals surface area contributed by atoms with Crippen LogP contribution in [0, 0.1) is 11.8 Å². The second-order valence-corrected chi connectivity index (χ2v) is 5.15. The number of hydrogen-bond acceptors (Lipinski definition) is 4. The van der Waals surface area contributed by atoms with E-state index in [2.05, 4.69) is 17.2 Å². The molecule has 0 saturated heterocycles. The highest BCUT2D eigenvalue weighted by molar-refractivity contribution is 7.14. The van der Waals surface area contributed by atoms with Crippen LogP contribution in [0.3, 0.4) is 0 Å². The van der Waals surface area contributed by atoms with E-state index in [0.29, 0.717) is 18.0 Å². The lowest BCUT2D eigenvalue weighted by molar-refractivity contribution is -0.121. The van der Waals surface area contributed by atoms with E-state index in [1.807, 2.05) is 6.92 Å². The van der Waals surface area contributed by atoms with E-state index in [0.717, 1.165) is 11.3 Å². The molecule has 1 aromatic rings. The summed E-state index contributed by atoms with van der Waals surface area (Å²) in [5.41, 5.74) is 5.31. The summed E-state index contributed by atoms with van der Waals surface area (Å²) in [5, 5.41) is 2.53. The summed E-state index contributed by atoms with van der Waals surface area (Å²) in [6.07, 6.45) is 0.800. The maximum absolute atomic E-state index is 12.4.